The van der Waals surface area contributed by atoms with Crippen molar-refractivity contribution in [3.8, 4) is 17.1 Å². The minimum Gasteiger partial charge on any atom is -0.507 e. The maximum absolute atomic E-state index is 12.4. The second-order valence-corrected chi connectivity index (χ2v) is 11.5. The lowest BCUT2D eigenvalue weighted by molar-refractivity contribution is -0.121. The van der Waals surface area contributed by atoms with E-state index in [1.165, 1.54) is 6.21 Å². The number of carbonyl (C=O) groups is 1. The van der Waals surface area contributed by atoms with Gasteiger partial charge in [0.25, 0.3) is 0 Å². The summed E-state index contributed by atoms with van der Waals surface area (Å²) >= 11 is 3.42. The average Bonchev–Trinajstić information content (AvgIpc) is 3.20. The largest absolute Gasteiger partial charge is 0.507 e. The number of aromatic hydroxyl groups is 1. The van der Waals surface area contributed by atoms with Gasteiger partial charge in [-0.3, -0.25) is 4.79 Å². The Kier molecular flexibility index (Phi) is 7.71. The number of benzene rings is 2. The van der Waals surface area contributed by atoms with Gasteiger partial charge in [0, 0.05) is 16.5 Å². The van der Waals surface area contributed by atoms with Crippen molar-refractivity contribution >= 4 is 28.1 Å². The Hall–Kier alpha value is -2.86. The number of rotatable bonds is 6. The molecule has 0 unspecified atom stereocenters. The zero-order valence-corrected chi connectivity index (χ0v) is 22.3. The Bertz CT molecular complexity index is 1140. The van der Waals surface area contributed by atoms with E-state index in [4.69, 9.17) is 4.42 Å². The van der Waals surface area contributed by atoms with Gasteiger partial charge in [0.15, 0.2) is 0 Å². The van der Waals surface area contributed by atoms with Crippen LogP contribution in [0.5, 0.6) is 5.75 Å². The number of nitrogens with one attached hydrogen (secondary N) is 1. The second kappa shape index (κ2) is 10.2. The standard InChI is InChI=1S/C28H33BrN2O3/c1-27(2,3)22-15-18(16-23(26(22)33)28(4,5)6)7-14-25(32)31-30-17-21-12-13-24(34-21)19-8-10-20(29)11-9-19/h8-13,15-17,33H,7,14H2,1-6H3,(H,31,32)/b30-17-. The lowest BCUT2D eigenvalue weighted by atomic mass is 9.78. The number of phenolic OH excluding ortho intramolecular Hbond substituents is 1. The first-order chi connectivity index (χ1) is 15.8. The summed E-state index contributed by atoms with van der Waals surface area (Å²) in [6.07, 6.45) is 2.34. The SMILES string of the molecule is CC(C)(C)c1cc(CCC(=O)N/N=C\c2ccc(-c3ccc(Br)cc3)o2)cc(C(C)(C)C)c1O. The maximum Gasteiger partial charge on any atom is 0.240 e. The summed E-state index contributed by atoms with van der Waals surface area (Å²) in [4.78, 5) is 12.4. The molecule has 34 heavy (non-hydrogen) atoms. The third-order valence-corrected chi connectivity index (χ3v) is 6.09. The predicted molar refractivity (Wildman–Crippen MR) is 141 cm³/mol. The minimum atomic E-state index is -0.204. The van der Waals surface area contributed by atoms with Gasteiger partial charge < -0.3 is 9.52 Å². The minimum absolute atomic E-state index is 0.182. The molecular formula is C28H33BrN2O3. The maximum atomic E-state index is 12.4. The van der Waals surface area contributed by atoms with Gasteiger partial charge in [0.1, 0.15) is 17.3 Å². The van der Waals surface area contributed by atoms with E-state index in [9.17, 15) is 9.90 Å². The summed E-state index contributed by atoms with van der Waals surface area (Å²) in [7, 11) is 0. The number of furan rings is 1. The van der Waals surface area contributed by atoms with E-state index in [-0.39, 0.29) is 23.2 Å². The Morgan fingerprint density at radius 2 is 1.59 bits per heavy atom. The van der Waals surface area contributed by atoms with E-state index in [0.29, 0.717) is 17.9 Å². The highest BCUT2D eigenvalue weighted by molar-refractivity contribution is 9.10. The summed E-state index contributed by atoms with van der Waals surface area (Å²) in [6, 6.07) is 15.5. The lowest BCUT2D eigenvalue weighted by Gasteiger charge is -2.28. The number of amides is 1. The fourth-order valence-corrected chi connectivity index (χ4v) is 3.92. The molecule has 0 radical (unpaired) electrons. The molecule has 180 valence electrons. The molecule has 0 fully saturated rings. The topological polar surface area (TPSA) is 74.8 Å². The van der Waals surface area contributed by atoms with Crippen LogP contribution in [0.15, 0.2) is 62.5 Å². The van der Waals surface area contributed by atoms with Crippen molar-refractivity contribution in [1.29, 1.82) is 0 Å². The summed E-state index contributed by atoms with van der Waals surface area (Å²) < 4.78 is 6.79. The average molecular weight is 525 g/mol. The van der Waals surface area contributed by atoms with Crippen molar-refractivity contribution in [1.82, 2.24) is 5.43 Å². The molecule has 1 aromatic heterocycles. The third kappa shape index (κ3) is 6.60. The Labute approximate surface area is 210 Å². The van der Waals surface area contributed by atoms with Gasteiger partial charge in [-0.15, -0.1) is 0 Å². The highest BCUT2D eigenvalue weighted by Gasteiger charge is 2.26. The monoisotopic (exact) mass is 524 g/mol. The van der Waals surface area contributed by atoms with Gasteiger partial charge >= 0.3 is 0 Å². The van der Waals surface area contributed by atoms with Crippen molar-refractivity contribution in [2.45, 2.75) is 65.2 Å². The van der Waals surface area contributed by atoms with E-state index in [1.807, 2.05) is 48.5 Å². The van der Waals surface area contributed by atoms with Gasteiger partial charge in [0.2, 0.25) is 5.91 Å². The first-order valence-corrected chi connectivity index (χ1v) is 12.2. The quantitative estimate of drug-likeness (QED) is 0.267. The van der Waals surface area contributed by atoms with Crippen molar-refractivity contribution in [2.24, 2.45) is 5.10 Å². The van der Waals surface area contributed by atoms with Crippen LogP contribution < -0.4 is 5.43 Å². The van der Waals surface area contributed by atoms with E-state index < -0.39 is 0 Å². The van der Waals surface area contributed by atoms with Gasteiger partial charge in [-0.05, 0) is 58.2 Å². The van der Waals surface area contributed by atoms with Crippen LogP contribution in [0.1, 0.15) is 70.4 Å². The number of halogens is 1. The van der Waals surface area contributed by atoms with Gasteiger partial charge in [0.05, 0.1) is 6.21 Å². The van der Waals surface area contributed by atoms with Crippen molar-refractivity contribution in [2.75, 3.05) is 0 Å². The second-order valence-electron chi connectivity index (χ2n) is 10.5. The van der Waals surface area contributed by atoms with Crippen molar-refractivity contribution in [3.05, 3.63) is 75.5 Å². The van der Waals surface area contributed by atoms with Crippen LogP contribution in [0.3, 0.4) is 0 Å². The van der Waals surface area contributed by atoms with Crippen molar-refractivity contribution < 1.29 is 14.3 Å². The fraction of sp³-hybridized carbons (Fsp3) is 0.357. The van der Waals surface area contributed by atoms with Gasteiger partial charge in [-0.2, -0.15) is 5.10 Å². The molecule has 0 aliphatic rings. The Morgan fingerprint density at radius 3 is 2.15 bits per heavy atom. The fourth-order valence-electron chi connectivity index (χ4n) is 3.66. The smallest absolute Gasteiger partial charge is 0.240 e. The number of nitrogens with zero attached hydrogens (tertiary/aromatic N) is 1. The molecule has 5 nitrogen and oxygen atoms in total. The Morgan fingerprint density at radius 1 is 1.00 bits per heavy atom. The molecule has 6 heteroatoms. The molecule has 1 heterocycles. The molecule has 0 aliphatic carbocycles. The Balaban J connectivity index is 1.63. The van der Waals surface area contributed by atoms with Crippen molar-refractivity contribution in [3.63, 3.8) is 0 Å². The molecule has 2 aromatic carbocycles. The highest BCUT2D eigenvalue weighted by Crippen LogP contribution is 2.40. The van der Waals surface area contributed by atoms with E-state index in [0.717, 1.165) is 32.5 Å². The van der Waals surface area contributed by atoms with Gasteiger partial charge in [-0.25, -0.2) is 5.43 Å². The van der Waals surface area contributed by atoms with Crippen LogP contribution in [-0.2, 0) is 22.0 Å². The molecule has 1 amide bonds. The number of aryl methyl sites for hydroxylation is 1. The summed E-state index contributed by atoms with van der Waals surface area (Å²) in [5.41, 5.74) is 5.95. The van der Waals surface area contributed by atoms with Crippen LogP contribution in [0, 0.1) is 0 Å². The summed E-state index contributed by atoms with van der Waals surface area (Å²) in [5.74, 6) is 1.45. The van der Waals surface area contributed by atoms with Crippen LogP contribution in [0.4, 0.5) is 0 Å². The summed E-state index contributed by atoms with van der Waals surface area (Å²) in [6.45, 7) is 12.5. The van der Waals surface area contributed by atoms with E-state index in [2.05, 4.69) is 68.0 Å². The van der Waals surface area contributed by atoms with E-state index in [1.54, 1.807) is 0 Å². The first kappa shape index (κ1) is 25.8. The molecule has 2 N–H and O–H groups in total. The molecule has 0 spiro atoms. The molecule has 0 bridgehead atoms. The number of hydrogen-bond acceptors (Lipinski definition) is 4. The van der Waals surface area contributed by atoms with Crippen LogP contribution in [-0.4, -0.2) is 17.2 Å². The van der Waals surface area contributed by atoms with Crippen LogP contribution in [0.2, 0.25) is 0 Å². The predicted octanol–water partition coefficient (Wildman–Crippen LogP) is 7.09. The molecular weight excluding hydrogens is 492 g/mol. The van der Waals surface area contributed by atoms with Crippen LogP contribution in [0.25, 0.3) is 11.3 Å². The number of carbonyl (C=O) groups excluding carboxylic acids is 1. The molecule has 0 saturated heterocycles. The zero-order valence-electron chi connectivity index (χ0n) is 20.7. The number of phenols is 1. The normalized spacial score (nSPS) is 12.3. The van der Waals surface area contributed by atoms with Crippen LogP contribution >= 0.6 is 15.9 Å². The number of hydrogen-bond donors (Lipinski definition) is 2. The zero-order chi connectivity index (χ0) is 25.1. The molecule has 3 aromatic rings. The molecule has 0 saturated carbocycles. The summed E-state index contributed by atoms with van der Waals surface area (Å²) in [5, 5.41) is 14.9. The molecule has 3 rings (SSSR count). The van der Waals surface area contributed by atoms with E-state index >= 15 is 0 Å². The molecule has 0 aliphatic heterocycles. The van der Waals surface area contributed by atoms with Gasteiger partial charge in [-0.1, -0.05) is 81.7 Å². The lowest BCUT2D eigenvalue weighted by Crippen LogP contribution is -2.20. The third-order valence-electron chi connectivity index (χ3n) is 5.56. The molecule has 0 atom stereocenters. The number of hydrazone groups is 1. The first-order valence-electron chi connectivity index (χ1n) is 11.4. The highest BCUT2D eigenvalue weighted by atomic mass is 79.9.